The van der Waals surface area contributed by atoms with Gasteiger partial charge in [0.1, 0.15) is 0 Å². The predicted octanol–water partition coefficient (Wildman–Crippen LogP) is 3.21. The van der Waals surface area contributed by atoms with Crippen LogP contribution in [0.3, 0.4) is 0 Å². The standard InChI is InChI=1S/C16H29N3OS/c1-4-9-17-11-15-14(5-2)18-16(21-15)19(3)12-13-8-6-7-10-20-13/h13,17H,4-12H2,1-3H3. The fraction of sp³-hybridized carbons (Fsp3) is 0.812. The summed E-state index contributed by atoms with van der Waals surface area (Å²) in [5.74, 6) is 0. The summed E-state index contributed by atoms with van der Waals surface area (Å²) in [6, 6.07) is 0. The van der Waals surface area contributed by atoms with E-state index in [1.165, 1.54) is 36.3 Å². The number of aromatic nitrogens is 1. The summed E-state index contributed by atoms with van der Waals surface area (Å²) in [6.45, 7) is 8.28. The number of thiazole rings is 1. The van der Waals surface area contributed by atoms with E-state index in [9.17, 15) is 0 Å². The van der Waals surface area contributed by atoms with E-state index in [0.717, 1.165) is 37.8 Å². The molecule has 4 nitrogen and oxygen atoms in total. The molecule has 0 bridgehead atoms. The van der Waals surface area contributed by atoms with Crippen molar-refractivity contribution in [1.29, 1.82) is 0 Å². The predicted molar refractivity (Wildman–Crippen MR) is 90.4 cm³/mol. The van der Waals surface area contributed by atoms with Crippen LogP contribution in [-0.2, 0) is 17.7 Å². The Kier molecular flexibility index (Phi) is 6.93. The third-order valence-corrected chi connectivity index (χ3v) is 5.10. The van der Waals surface area contributed by atoms with Crippen LogP contribution in [-0.4, -0.2) is 37.8 Å². The van der Waals surface area contributed by atoms with E-state index in [-0.39, 0.29) is 0 Å². The van der Waals surface area contributed by atoms with Gasteiger partial charge in [0.05, 0.1) is 11.8 Å². The fourth-order valence-electron chi connectivity index (χ4n) is 2.66. The summed E-state index contributed by atoms with van der Waals surface area (Å²) in [4.78, 5) is 8.48. The van der Waals surface area contributed by atoms with Crippen LogP contribution in [0, 0.1) is 0 Å². The van der Waals surface area contributed by atoms with E-state index in [1.54, 1.807) is 0 Å². The van der Waals surface area contributed by atoms with Gasteiger partial charge < -0.3 is 15.0 Å². The molecule has 0 aromatic carbocycles. The maximum absolute atomic E-state index is 5.84. The highest BCUT2D eigenvalue weighted by Gasteiger charge is 2.19. The van der Waals surface area contributed by atoms with Gasteiger partial charge in [0.25, 0.3) is 0 Å². The first-order chi connectivity index (χ1) is 10.2. The number of aryl methyl sites for hydroxylation is 1. The highest BCUT2D eigenvalue weighted by atomic mass is 32.1. The van der Waals surface area contributed by atoms with E-state index in [0.29, 0.717) is 6.10 Å². The monoisotopic (exact) mass is 311 g/mol. The Morgan fingerprint density at radius 2 is 2.24 bits per heavy atom. The molecule has 1 aliphatic rings. The zero-order valence-electron chi connectivity index (χ0n) is 13.7. The largest absolute Gasteiger partial charge is 0.376 e. The smallest absolute Gasteiger partial charge is 0.185 e. The van der Waals surface area contributed by atoms with Crippen molar-refractivity contribution in [1.82, 2.24) is 10.3 Å². The lowest BCUT2D eigenvalue weighted by Crippen LogP contribution is -2.33. The first kappa shape index (κ1) is 16.7. The second kappa shape index (κ2) is 8.71. The van der Waals surface area contributed by atoms with Crippen molar-refractivity contribution in [3.05, 3.63) is 10.6 Å². The molecule has 2 rings (SSSR count). The molecule has 120 valence electrons. The van der Waals surface area contributed by atoms with Crippen molar-refractivity contribution in [2.75, 3.05) is 31.6 Å². The van der Waals surface area contributed by atoms with E-state index < -0.39 is 0 Å². The number of rotatable bonds is 8. The van der Waals surface area contributed by atoms with Gasteiger partial charge in [-0.1, -0.05) is 13.8 Å². The van der Waals surface area contributed by atoms with Gasteiger partial charge in [-0.25, -0.2) is 4.98 Å². The van der Waals surface area contributed by atoms with Gasteiger partial charge >= 0.3 is 0 Å². The van der Waals surface area contributed by atoms with Gasteiger partial charge in [-0.3, -0.25) is 0 Å². The summed E-state index contributed by atoms with van der Waals surface area (Å²) in [5.41, 5.74) is 1.25. The maximum atomic E-state index is 5.84. The molecule has 1 aliphatic heterocycles. The molecule has 1 atom stereocenters. The minimum atomic E-state index is 0.374. The lowest BCUT2D eigenvalue weighted by molar-refractivity contribution is 0.0216. The highest BCUT2D eigenvalue weighted by molar-refractivity contribution is 7.15. The van der Waals surface area contributed by atoms with Crippen molar-refractivity contribution in [3.8, 4) is 0 Å². The number of ether oxygens (including phenoxy) is 1. The number of nitrogens with one attached hydrogen (secondary N) is 1. The quantitative estimate of drug-likeness (QED) is 0.748. The Morgan fingerprint density at radius 1 is 1.38 bits per heavy atom. The first-order valence-corrected chi connectivity index (χ1v) is 9.08. The van der Waals surface area contributed by atoms with Crippen LogP contribution in [0.1, 0.15) is 50.1 Å². The van der Waals surface area contributed by atoms with Gasteiger partial charge in [-0.2, -0.15) is 0 Å². The van der Waals surface area contributed by atoms with Gasteiger partial charge in [0.2, 0.25) is 0 Å². The van der Waals surface area contributed by atoms with Gasteiger partial charge in [0.15, 0.2) is 5.13 Å². The Labute approximate surface area is 132 Å². The molecule has 0 radical (unpaired) electrons. The van der Waals surface area contributed by atoms with E-state index in [4.69, 9.17) is 9.72 Å². The molecule has 0 saturated carbocycles. The topological polar surface area (TPSA) is 37.4 Å². The Balaban J connectivity index is 1.94. The zero-order valence-corrected chi connectivity index (χ0v) is 14.5. The van der Waals surface area contributed by atoms with E-state index in [2.05, 4.69) is 31.1 Å². The summed E-state index contributed by atoms with van der Waals surface area (Å²) in [7, 11) is 2.14. The van der Waals surface area contributed by atoms with Crippen molar-refractivity contribution in [2.24, 2.45) is 0 Å². The zero-order chi connectivity index (χ0) is 15.1. The molecule has 0 amide bonds. The minimum Gasteiger partial charge on any atom is -0.376 e. The summed E-state index contributed by atoms with van der Waals surface area (Å²) < 4.78 is 5.84. The van der Waals surface area contributed by atoms with Crippen LogP contribution in [0.4, 0.5) is 5.13 Å². The maximum Gasteiger partial charge on any atom is 0.185 e. The highest BCUT2D eigenvalue weighted by Crippen LogP contribution is 2.27. The molecule has 2 heterocycles. The van der Waals surface area contributed by atoms with Gasteiger partial charge in [-0.05, 0) is 38.6 Å². The average Bonchev–Trinajstić information content (AvgIpc) is 2.92. The summed E-state index contributed by atoms with van der Waals surface area (Å²) in [6.07, 6.45) is 6.24. The Morgan fingerprint density at radius 3 is 2.90 bits per heavy atom. The second-order valence-electron chi connectivity index (χ2n) is 5.77. The lowest BCUT2D eigenvalue weighted by atomic mass is 10.1. The molecule has 5 heteroatoms. The van der Waals surface area contributed by atoms with Crippen molar-refractivity contribution >= 4 is 16.5 Å². The summed E-state index contributed by atoms with van der Waals surface area (Å²) >= 11 is 1.83. The second-order valence-corrected chi connectivity index (χ2v) is 6.83. The van der Waals surface area contributed by atoms with Crippen LogP contribution in [0.15, 0.2) is 0 Å². The number of hydrogen-bond acceptors (Lipinski definition) is 5. The fourth-order valence-corrected chi connectivity index (χ4v) is 3.75. The van der Waals surface area contributed by atoms with Crippen molar-refractivity contribution in [2.45, 2.75) is 58.6 Å². The third-order valence-electron chi connectivity index (χ3n) is 3.89. The van der Waals surface area contributed by atoms with Gasteiger partial charge in [-0.15, -0.1) is 11.3 Å². The summed E-state index contributed by atoms with van der Waals surface area (Å²) in [5, 5.41) is 4.62. The van der Waals surface area contributed by atoms with Gasteiger partial charge in [0, 0.05) is 31.6 Å². The van der Waals surface area contributed by atoms with Crippen molar-refractivity contribution < 1.29 is 4.74 Å². The molecule has 0 aliphatic carbocycles. The molecule has 1 aromatic rings. The normalized spacial score (nSPS) is 18.9. The minimum absolute atomic E-state index is 0.374. The number of anilines is 1. The molecule has 1 fully saturated rings. The molecule has 1 unspecified atom stereocenters. The molecular formula is C16H29N3OS. The van der Waals surface area contributed by atoms with Crippen molar-refractivity contribution in [3.63, 3.8) is 0 Å². The first-order valence-electron chi connectivity index (χ1n) is 8.26. The van der Waals surface area contributed by atoms with Crippen LogP contribution in [0.25, 0.3) is 0 Å². The van der Waals surface area contributed by atoms with Crippen LogP contribution in [0.5, 0.6) is 0 Å². The van der Waals surface area contributed by atoms with Crippen LogP contribution >= 0.6 is 11.3 Å². The molecule has 0 spiro atoms. The molecule has 1 aromatic heterocycles. The van der Waals surface area contributed by atoms with Crippen LogP contribution in [0.2, 0.25) is 0 Å². The molecule has 21 heavy (non-hydrogen) atoms. The molecular weight excluding hydrogens is 282 g/mol. The lowest BCUT2D eigenvalue weighted by Gasteiger charge is -2.27. The molecule has 1 saturated heterocycles. The number of nitrogens with zero attached hydrogens (tertiary/aromatic N) is 2. The molecule has 1 N–H and O–H groups in total. The van der Waals surface area contributed by atoms with E-state index >= 15 is 0 Å². The third kappa shape index (κ3) is 4.94. The Hall–Kier alpha value is -0.650. The number of hydrogen-bond donors (Lipinski definition) is 1. The average molecular weight is 311 g/mol. The van der Waals surface area contributed by atoms with E-state index in [1.807, 2.05) is 11.3 Å². The Bertz CT molecular complexity index is 416. The number of likely N-dealkylation sites (N-methyl/N-ethyl adjacent to an activating group) is 1. The SMILES string of the molecule is CCCNCc1sc(N(C)CC2CCCCO2)nc1CC. The van der Waals surface area contributed by atoms with Crippen LogP contribution < -0.4 is 10.2 Å².